The second-order valence-corrected chi connectivity index (χ2v) is 4.80. The van der Waals surface area contributed by atoms with Gasteiger partial charge in [0.1, 0.15) is 0 Å². The Bertz CT molecular complexity index is 455. The van der Waals surface area contributed by atoms with Crippen LogP contribution in [0, 0.1) is 10.1 Å². The van der Waals surface area contributed by atoms with Crippen LogP contribution >= 0.6 is 23.2 Å². The number of halogens is 2. The molecule has 1 unspecified atom stereocenters. The van der Waals surface area contributed by atoms with Gasteiger partial charge in [0, 0.05) is 18.7 Å². The molecule has 1 fully saturated rings. The first-order valence-corrected chi connectivity index (χ1v) is 6.40. The van der Waals surface area contributed by atoms with E-state index in [-0.39, 0.29) is 21.8 Å². The summed E-state index contributed by atoms with van der Waals surface area (Å²) in [6.45, 7) is 2.11. The fourth-order valence-corrected chi connectivity index (χ4v) is 2.31. The van der Waals surface area contributed by atoms with E-state index in [0.717, 1.165) is 0 Å². The lowest BCUT2D eigenvalue weighted by Crippen LogP contribution is -2.34. The summed E-state index contributed by atoms with van der Waals surface area (Å²) in [6, 6.07) is 2.52. The van der Waals surface area contributed by atoms with Crippen molar-refractivity contribution in [1.29, 1.82) is 0 Å². The molecule has 6 nitrogen and oxygen atoms in total. The minimum absolute atomic E-state index is 0.0870. The second-order valence-electron chi connectivity index (χ2n) is 3.99. The molecule has 1 aromatic carbocycles. The smallest absolute Gasteiger partial charge is 0.272 e. The molecule has 0 aromatic heterocycles. The van der Waals surface area contributed by atoms with Gasteiger partial charge in [-0.05, 0) is 0 Å². The van der Waals surface area contributed by atoms with Crippen molar-refractivity contribution < 1.29 is 14.4 Å². The summed E-state index contributed by atoms with van der Waals surface area (Å²) in [7, 11) is 0. The van der Waals surface area contributed by atoms with Crippen LogP contribution in [0.25, 0.3) is 0 Å². The topological polar surface area (TPSA) is 73.6 Å². The highest BCUT2D eigenvalue weighted by atomic mass is 35.5. The fourth-order valence-electron chi connectivity index (χ4n) is 1.70. The maximum absolute atomic E-state index is 10.7. The first-order chi connectivity index (χ1) is 9.08. The van der Waals surface area contributed by atoms with E-state index in [4.69, 9.17) is 32.7 Å². The Kier molecular flexibility index (Phi) is 4.81. The van der Waals surface area contributed by atoms with Crippen LogP contribution in [0.15, 0.2) is 12.1 Å². The summed E-state index contributed by atoms with van der Waals surface area (Å²) in [4.78, 5) is 10.1. The number of nitrogens with zero attached hydrogens (tertiary/aromatic N) is 1. The van der Waals surface area contributed by atoms with Crippen molar-refractivity contribution in [3.05, 3.63) is 32.3 Å². The van der Waals surface area contributed by atoms with E-state index in [1.807, 2.05) is 0 Å². The molecule has 1 saturated heterocycles. The monoisotopic (exact) mass is 306 g/mol. The number of non-ortho nitro benzene ring substituents is 1. The van der Waals surface area contributed by atoms with Crippen molar-refractivity contribution in [2.24, 2.45) is 0 Å². The van der Waals surface area contributed by atoms with Gasteiger partial charge in [-0.3, -0.25) is 10.1 Å². The Hall–Kier alpha value is -1.08. The molecule has 1 aromatic rings. The minimum Gasteiger partial charge on any atom is -0.380 e. The highest BCUT2D eigenvalue weighted by Crippen LogP contribution is 2.34. The van der Waals surface area contributed by atoms with Crippen LogP contribution in [0.4, 0.5) is 11.4 Å². The van der Waals surface area contributed by atoms with Crippen molar-refractivity contribution in [3.8, 4) is 0 Å². The van der Waals surface area contributed by atoms with Crippen molar-refractivity contribution in [2.45, 2.75) is 6.10 Å². The SMILES string of the molecule is O=[N+]([O-])c1cc(Cl)c(NCC2COCCO2)c(Cl)c1. The normalized spacial score (nSPS) is 19.2. The van der Waals surface area contributed by atoms with Crippen LogP contribution in [-0.4, -0.2) is 37.4 Å². The molecule has 1 aliphatic heterocycles. The third-order valence-corrected chi connectivity index (χ3v) is 3.23. The maximum atomic E-state index is 10.7. The largest absolute Gasteiger partial charge is 0.380 e. The van der Waals surface area contributed by atoms with E-state index in [1.54, 1.807) is 0 Å². The fraction of sp³-hybridized carbons (Fsp3) is 0.455. The molecule has 1 atom stereocenters. The molecular weight excluding hydrogens is 295 g/mol. The average Bonchev–Trinajstić information content (AvgIpc) is 2.38. The van der Waals surface area contributed by atoms with Gasteiger partial charge in [0.2, 0.25) is 0 Å². The minimum atomic E-state index is -0.542. The Morgan fingerprint density at radius 3 is 2.58 bits per heavy atom. The van der Waals surface area contributed by atoms with Crippen LogP contribution in [0.2, 0.25) is 10.0 Å². The number of nitrogens with one attached hydrogen (secondary N) is 1. The zero-order valence-electron chi connectivity index (χ0n) is 9.90. The van der Waals surface area contributed by atoms with Gasteiger partial charge in [0.25, 0.3) is 5.69 Å². The zero-order chi connectivity index (χ0) is 13.8. The summed E-state index contributed by atoms with van der Waals surface area (Å²) >= 11 is 11.9. The van der Waals surface area contributed by atoms with Gasteiger partial charge in [-0.25, -0.2) is 0 Å². The van der Waals surface area contributed by atoms with Gasteiger partial charge in [0.15, 0.2) is 0 Å². The molecule has 0 spiro atoms. The van der Waals surface area contributed by atoms with Crippen LogP contribution < -0.4 is 5.32 Å². The third kappa shape index (κ3) is 3.70. The summed E-state index contributed by atoms with van der Waals surface area (Å²) in [5.41, 5.74) is 0.320. The Morgan fingerprint density at radius 1 is 1.37 bits per heavy atom. The van der Waals surface area contributed by atoms with Crippen molar-refractivity contribution >= 4 is 34.6 Å². The quantitative estimate of drug-likeness (QED) is 0.684. The van der Waals surface area contributed by atoms with Gasteiger partial charge >= 0.3 is 0 Å². The number of anilines is 1. The zero-order valence-corrected chi connectivity index (χ0v) is 11.4. The van der Waals surface area contributed by atoms with Crippen LogP contribution in [-0.2, 0) is 9.47 Å². The standard InChI is InChI=1S/C11H12Cl2N2O4/c12-9-3-7(15(16)17)4-10(13)11(9)14-5-8-6-18-1-2-19-8/h3-4,8,14H,1-2,5-6H2. The Balaban J connectivity index is 2.05. The summed E-state index contributed by atoms with van der Waals surface area (Å²) in [5.74, 6) is 0. The van der Waals surface area contributed by atoms with E-state index in [1.165, 1.54) is 12.1 Å². The van der Waals surface area contributed by atoms with Gasteiger partial charge < -0.3 is 14.8 Å². The van der Waals surface area contributed by atoms with E-state index in [2.05, 4.69) is 5.32 Å². The summed E-state index contributed by atoms with van der Waals surface area (Å²) in [5, 5.41) is 14.1. The molecule has 0 saturated carbocycles. The van der Waals surface area contributed by atoms with E-state index in [9.17, 15) is 10.1 Å². The van der Waals surface area contributed by atoms with E-state index < -0.39 is 4.92 Å². The molecule has 1 aliphatic rings. The molecule has 2 rings (SSSR count). The predicted molar refractivity (Wildman–Crippen MR) is 72.2 cm³/mol. The van der Waals surface area contributed by atoms with E-state index >= 15 is 0 Å². The lowest BCUT2D eigenvalue weighted by Gasteiger charge is -2.24. The summed E-state index contributed by atoms with van der Waals surface area (Å²) in [6.07, 6.45) is -0.0870. The number of rotatable bonds is 4. The third-order valence-electron chi connectivity index (χ3n) is 2.63. The number of hydrogen-bond acceptors (Lipinski definition) is 5. The highest BCUT2D eigenvalue weighted by molar-refractivity contribution is 6.39. The molecule has 1 N–H and O–H groups in total. The number of nitro benzene ring substituents is 1. The first kappa shape index (κ1) is 14.3. The molecule has 8 heteroatoms. The first-order valence-electron chi connectivity index (χ1n) is 5.64. The number of nitro groups is 1. The predicted octanol–water partition coefficient (Wildman–Crippen LogP) is 2.73. The van der Waals surface area contributed by atoms with Crippen molar-refractivity contribution in [3.63, 3.8) is 0 Å². The Labute approximate surface area is 119 Å². The lowest BCUT2D eigenvalue weighted by molar-refractivity contribution is -0.384. The lowest BCUT2D eigenvalue weighted by atomic mass is 10.2. The molecule has 1 heterocycles. The Morgan fingerprint density at radius 2 is 2.05 bits per heavy atom. The van der Waals surface area contributed by atoms with Gasteiger partial charge in [-0.1, -0.05) is 23.2 Å². The van der Waals surface area contributed by atoms with Crippen LogP contribution in [0.1, 0.15) is 0 Å². The molecule has 104 valence electrons. The van der Waals surface area contributed by atoms with Crippen molar-refractivity contribution in [1.82, 2.24) is 0 Å². The molecular formula is C11H12Cl2N2O4. The van der Waals surface area contributed by atoms with Crippen LogP contribution in [0.5, 0.6) is 0 Å². The average molecular weight is 307 g/mol. The van der Waals surface area contributed by atoms with Crippen LogP contribution in [0.3, 0.4) is 0 Å². The molecule has 0 amide bonds. The highest BCUT2D eigenvalue weighted by Gasteiger charge is 2.18. The molecule has 0 radical (unpaired) electrons. The van der Waals surface area contributed by atoms with E-state index in [0.29, 0.717) is 32.1 Å². The number of benzene rings is 1. The summed E-state index contributed by atoms with van der Waals surface area (Å²) < 4.78 is 10.7. The van der Waals surface area contributed by atoms with Gasteiger partial charge in [-0.2, -0.15) is 0 Å². The number of ether oxygens (including phenoxy) is 2. The maximum Gasteiger partial charge on any atom is 0.272 e. The molecule has 19 heavy (non-hydrogen) atoms. The molecule has 0 aliphatic carbocycles. The van der Waals surface area contributed by atoms with Crippen molar-refractivity contribution in [2.75, 3.05) is 31.7 Å². The van der Waals surface area contributed by atoms with Gasteiger partial charge in [-0.15, -0.1) is 0 Å². The molecule has 0 bridgehead atoms. The second kappa shape index (κ2) is 6.38. The number of hydrogen-bond donors (Lipinski definition) is 1. The van der Waals surface area contributed by atoms with Gasteiger partial charge in [0.05, 0.1) is 46.6 Å².